The average Bonchev–Trinajstić information content (AvgIpc) is 3.79. The first-order chi connectivity index (χ1) is 28.3. The van der Waals surface area contributed by atoms with Gasteiger partial charge in [0.05, 0.1) is 11.5 Å². The number of nitrogens with zero attached hydrogens (tertiary/aromatic N) is 2. The number of rotatable bonds is 7. The zero-order chi connectivity index (χ0) is 37.8. The summed E-state index contributed by atoms with van der Waals surface area (Å²) in [5, 5.41) is 0. The van der Waals surface area contributed by atoms with Crippen LogP contribution in [-0.2, 0) is 5.41 Å². The molecule has 11 rings (SSSR count). The first-order valence-corrected chi connectivity index (χ1v) is 19.9. The van der Waals surface area contributed by atoms with Crippen LogP contribution < -0.4 is 9.80 Å². The molecule has 270 valence electrons. The zero-order valence-electron chi connectivity index (χ0n) is 31.5. The predicted molar refractivity (Wildman–Crippen MR) is 237 cm³/mol. The molecule has 0 fully saturated rings. The first kappa shape index (κ1) is 33.2. The van der Waals surface area contributed by atoms with E-state index in [4.69, 9.17) is 0 Å². The van der Waals surface area contributed by atoms with Crippen LogP contribution in [0, 0.1) is 0 Å². The summed E-state index contributed by atoms with van der Waals surface area (Å²) in [6.45, 7) is 0. The van der Waals surface area contributed by atoms with Crippen LogP contribution in [0.25, 0.3) is 22.3 Å². The van der Waals surface area contributed by atoms with Crippen LogP contribution in [0.4, 0.5) is 28.4 Å². The summed E-state index contributed by atoms with van der Waals surface area (Å²) in [7, 11) is 0. The highest BCUT2D eigenvalue weighted by atomic mass is 15.2. The minimum absolute atomic E-state index is 0.257. The van der Waals surface area contributed by atoms with Crippen molar-refractivity contribution >= 4 is 28.4 Å². The van der Waals surface area contributed by atoms with E-state index in [1.54, 1.807) is 0 Å². The van der Waals surface area contributed by atoms with Crippen LogP contribution in [0.3, 0.4) is 0 Å². The van der Waals surface area contributed by atoms with Crippen LogP contribution in [0.2, 0.25) is 0 Å². The van der Waals surface area contributed by atoms with Crippen molar-refractivity contribution in [2.45, 2.75) is 17.4 Å². The van der Waals surface area contributed by atoms with E-state index < -0.39 is 5.41 Å². The molecule has 2 atom stereocenters. The van der Waals surface area contributed by atoms with Crippen molar-refractivity contribution in [3.05, 3.63) is 258 Å². The molecule has 3 aliphatic rings. The molecule has 0 N–H and O–H groups in total. The van der Waals surface area contributed by atoms with Gasteiger partial charge in [-0.25, -0.2) is 0 Å². The minimum Gasteiger partial charge on any atom is -0.333 e. The molecule has 57 heavy (non-hydrogen) atoms. The molecule has 1 heterocycles. The van der Waals surface area contributed by atoms with Gasteiger partial charge in [-0.05, 0) is 105 Å². The summed E-state index contributed by atoms with van der Waals surface area (Å²) in [4.78, 5) is 4.90. The van der Waals surface area contributed by atoms with Gasteiger partial charge in [0.25, 0.3) is 0 Å². The topological polar surface area (TPSA) is 6.48 Å². The van der Waals surface area contributed by atoms with Crippen molar-refractivity contribution in [3.8, 4) is 22.3 Å². The van der Waals surface area contributed by atoms with Crippen molar-refractivity contribution in [3.63, 3.8) is 0 Å². The zero-order valence-corrected chi connectivity index (χ0v) is 31.5. The molecule has 0 bridgehead atoms. The lowest BCUT2D eigenvalue weighted by atomic mass is 9.68. The minimum atomic E-state index is -0.445. The number of hydrogen-bond donors (Lipinski definition) is 0. The van der Waals surface area contributed by atoms with Gasteiger partial charge in [0, 0.05) is 34.4 Å². The molecule has 0 saturated carbocycles. The molecular formula is C55H40N2. The molecule has 0 spiro atoms. The Balaban J connectivity index is 1.05. The van der Waals surface area contributed by atoms with Crippen LogP contribution in [0.5, 0.6) is 0 Å². The lowest BCUT2D eigenvalue weighted by Crippen LogP contribution is -2.28. The summed E-state index contributed by atoms with van der Waals surface area (Å²) in [6, 6.07) is 76.1. The van der Waals surface area contributed by atoms with Crippen LogP contribution >= 0.6 is 0 Å². The number of fused-ring (bicyclic) bond motifs is 6. The van der Waals surface area contributed by atoms with E-state index in [1.165, 1.54) is 61.4 Å². The molecule has 2 unspecified atom stereocenters. The largest absolute Gasteiger partial charge is 0.333 e. The van der Waals surface area contributed by atoms with E-state index in [1.807, 2.05) is 0 Å². The highest BCUT2D eigenvalue weighted by Crippen LogP contribution is 2.56. The maximum Gasteiger partial charge on any atom is 0.0713 e. The van der Waals surface area contributed by atoms with Gasteiger partial charge >= 0.3 is 0 Å². The number of allylic oxidation sites excluding steroid dienone is 2. The Morgan fingerprint density at radius 1 is 0.421 bits per heavy atom. The molecule has 2 nitrogen and oxygen atoms in total. The number of anilines is 5. The fourth-order valence-corrected chi connectivity index (χ4v) is 9.83. The lowest BCUT2D eigenvalue weighted by Gasteiger charge is -2.34. The van der Waals surface area contributed by atoms with Crippen molar-refractivity contribution in [2.75, 3.05) is 9.80 Å². The predicted octanol–water partition coefficient (Wildman–Crippen LogP) is 13.9. The van der Waals surface area contributed by atoms with Crippen LogP contribution in [-0.4, -0.2) is 6.04 Å². The monoisotopic (exact) mass is 728 g/mol. The molecule has 0 amide bonds. The molecule has 0 aromatic heterocycles. The molecule has 2 aliphatic carbocycles. The Morgan fingerprint density at radius 3 is 1.70 bits per heavy atom. The van der Waals surface area contributed by atoms with E-state index in [0.29, 0.717) is 5.92 Å². The average molecular weight is 729 g/mol. The number of benzene rings is 8. The third-order valence-electron chi connectivity index (χ3n) is 12.3. The normalized spacial score (nSPS) is 16.7. The van der Waals surface area contributed by atoms with Gasteiger partial charge in [0.1, 0.15) is 0 Å². The first-order valence-electron chi connectivity index (χ1n) is 19.9. The summed E-state index contributed by atoms with van der Waals surface area (Å²) >= 11 is 0. The summed E-state index contributed by atoms with van der Waals surface area (Å²) < 4.78 is 0. The molecule has 8 aromatic rings. The van der Waals surface area contributed by atoms with Gasteiger partial charge in [-0.3, -0.25) is 0 Å². The van der Waals surface area contributed by atoms with Gasteiger partial charge in [-0.1, -0.05) is 176 Å². The van der Waals surface area contributed by atoms with Gasteiger partial charge in [-0.15, -0.1) is 0 Å². The Labute approximate surface area is 335 Å². The molecule has 2 heteroatoms. The number of hydrogen-bond acceptors (Lipinski definition) is 2. The molecule has 8 aromatic carbocycles. The van der Waals surface area contributed by atoms with Crippen LogP contribution in [0.1, 0.15) is 33.7 Å². The van der Waals surface area contributed by atoms with Gasteiger partial charge in [0.2, 0.25) is 0 Å². The van der Waals surface area contributed by atoms with Crippen LogP contribution in [0.15, 0.2) is 231 Å². The fourth-order valence-electron chi connectivity index (χ4n) is 9.83. The maximum absolute atomic E-state index is 2.50. The van der Waals surface area contributed by atoms with E-state index in [9.17, 15) is 0 Å². The maximum atomic E-state index is 2.50. The van der Waals surface area contributed by atoms with Gasteiger partial charge in [0.15, 0.2) is 0 Å². The number of para-hydroxylation sites is 1. The molecule has 0 saturated heterocycles. The van der Waals surface area contributed by atoms with Crippen molar-refractivity contribution in [1.82, 2.24) is 0 Å². The summed E-state index contributed by atoms with van der Waals surface area (Å²) in [6.07, 6.45) is 9.05. The van der Waals surface area contributed by atoms with E-state index in [-0.39, 0.29) is 6.04 Å². The molecule has 1 aliphatic heterocycles. The van der Waals surface area contributed by atoms with Crippen molar-refractivity contribution < 1.29 is 0 Å². The van der Waals surface area contributed by atoms with Crippen molar-refractivity contribution in [1.29, 1.82) is 0 Å². The second-order valence-electron chi connectivity index (χ2n) is 15.2. The van der Waals surface area contributed by atoms with Gasteiger partial charge in [-0.2, -0.15) is 0 Å². The summed E-state index contributed by atoms with van der Waals surface area (Å²) in [5.74, 6) is 0.347. The standard InChI is InChI=1S/C55H40N2/c1-3-16-39(17-4-1)40-18-15-21-46(38-40)56(44-34-36-45(37-35-44)57-53-28-13-9-24-49(53)50-25-10-14-29-54(50)57)43-32-30-42(31-33-43)55(41-19-5-2-6-20-41)51-26-11-7-22-47(51)48-23-8-12-27-52(48)55/h1-38,49,53H. The third-order valence-corrected chi connectivity index (χ3v) is 12.3. The van der Waals surface area contributed by atoms with Crippen molar-refractivity contribution in [2.24, 2.45) is 0 Å². The Morgan fingerprint density at radius 2 is 0.982 bits per heavy atom. The second-order valence-corrected chi connectivity index (χ2v) is 15.2. The second kappa shape index (κ2) is 13.5. The fraction of sp³-hybridized carbons (Fsp3) is 0.0545. The highest BCUT2D eigenvalue weighted by Gasteiger charge is 2.46. The summed E-state index contributed by atoms with van der Waals surface area (Å²) in [5.41, 5.74) is 16.9. The Kier molecular flexibility index (Phi) is 7.89. The van der Waals surface area contributed by atoms with E-state index in [2.05, 4.69) is 240 Å². The smallest absolute Gasteiger partial charge is 0.0713 e. The van der Waals surface area contributed by atoms with E-state index in [0.717, 1.165) is 17.1 Å². The quantitative estimate of drug-likeness (QED) is 0.161. The Bertz CT molecular complexity index is 2750. The van der Waals surface area contributed by atoms with E-state index >= 15 is 0 Å². The van der Waals surface area contributed by atoms with Gasteiger partial charge < -0.3 is 9.80 Å². The Hall–Kier alpha value is -7.16. The third kappa shape index (κ3) is 5.25. The molecular weight excluding hydrogens is 689 g/mol. The molecule has 0 radical (unpaired) electrons. The lowest BCUT2D eigenvalue weighted by molar-refractivity contribution is 0.745. The SMILES string of the molecule is C1=CC2c3ccccc3N(c3ccc(N(c4ccc(C5(c6ccccc6)c6ccccc6-c6ccccc65)cc4)c4cccc(-c5ccccc5)c4)cc3)C2C=C1. The highest BCUT2D eigenvalue weighted by molar-refractivity contribution is 5.87.